The zero-order chi connectivity index (χ0) is 11.4. The van der Waals surface area contributed by atoms with Crippen LogP contribution in [0.4, 0.5) is 0 Å². The topological polar surface area (TPSA) is 34.1 Å². The summed E-state index contributed by atoms with van der Waals surface area (Å²) in [5, 5.41) is 0. The van der Waals surface area contributed by atoms with Crippen LogP contribution >= 0.6 is 0 Å². The summed E-state index contributed by atoms with van der Waals surface area (Å²) >= 11 is 0. The summed E-state index contributed by atoms with van der Waals surface area (Å²) < 4.78 is 0. The van der Waals surface area contributed by atoms with Crippen molar-refractivity contribution in [3.05, 3.63) is 0 Å². The highest BCUT2D eigenvalue weighted by Crippen LogP contribution is 2.34. The minimum atomic E-state index is -0.294. The highest BCUT2D eigenvalue weighted by Gasteiger charge is 2.37. The third-order valence-electron chi connectivity index (χ3n) is 2.92. The van der Waals surface area contributed by atoms with E-state index in [1.54, 1.807) is 0 Å². The first kappa shape index (κ1) is 12.4. The van der Waals surface area contributed by atoms with Gasteiger partial charge in [0, 0.05) is 12.3 Å². The van der Waals surface area contributed by atoms with Gasteiger partial charge in [-0.3, -0.25) is 9.59 Å². The van der Waals surface area contributed by atoms with Crippen molar-refractivity contribution >= 4 is 11.6 Å². The van der Waals surface area contributed by atoms with Crippen LogP contribution in [0.2, 0.25) is 0 Å². The molecule has 0 aliphatic heterocycles. The van der Waals surface area contributed by atoms with Gasteiger partial charge < -0.3 is 0 Å². The molecule has 0 amide bonds. The number of hydrogen-bond donors (Lipinski definition) is 0. The van der Waals surface area contributed by atoms with E-state index in [9.17, 15) is 9.59 Å². The van der Waals surface area contributed by atoms with E-state index in [4.69, 9.17) is 0 Å². The molecule has 0 heterocycles. The van der Waals surface area contributed by atoms with Gasteiger partial charge in [-0.25, -0.2) is 0 Å². The second-order valence-electron chi connectivity index (χ2n) is 5.08. The monoisotopic (exact) mass is 210 g/mol. The first-order valence-electron chi connectivity index (χ1n) is 6.12. The molecule has 1 aliphatic rings. The highest BCUT2D eigenvalue weighted by molar-refractivity contribution is 6.04. The van der Waals surface area contributed by atoms with Crippen molar-refractivity contribution in [1.29, 1.82) is 0 Å². The van der Waals surface area contributed by atoms with Crippen LogP contribution in [0.25, 0.3) is 0 Å². The van der Waals surface area contributed by atoms with Gasteiger partial charge in [0.05, 0.1) is 5.92 Å². The number of rotatable bonds is 7. The van der Waals surface area contributed by atoms with Crippen molar-refractivity contribution in [2.75, 3.05) is 0 Å². The van der Waals surface area contributed by atoms with Gasteiger partial charge in [0.15, 0.2) is 0 Å². The molecular weight excluding hydrogens is 188 g/mol. The Morgan fingerprint density at radius 3 is 2.27 bits per heavy atom. The quantitative estimate of drug-likeness (QED) is 0.605. The molecule has 0 spiro atoms. The average Bonchev–Trinajstić information content (AvgIpc) is 2.96. The second kappa shape index (κ2) is 5.43. The van der Waals surface area contributed by atoms with Crippen LogP contribution in [0.5, 0.6) is 0 Å². The zero-order valence-corrected chi connectivity index (χ0v) is 10.1. The minimum absolute atomic E-state index is 0.170. The van der Waals surface area contributed by atoms with Crippen molar-refractivity contribution in [3.63, 3.8) is 0 Å². The first-order valence-corrected chi connectivity index (χ1v) is 6.12. The van der Waals surface area contributed by atoms with Crippen LogP contribution < -0.4 is 0 Å². The predicted octanol–water partition coefficient (Wildman–Crippen LogP) is 3.00. The Morgan fingerprint density at radius 1 is 1.27 bits per heavy atom. The zero-order valence-electron chi connectivity index (χ0n) is 10.1. The molecule has 1 aliphatic carbocycles. The Balaban J connectivity index is 2.58. The van der Waals surface area contributed by atoms with Gasteiger partial charge in [-0.2, -0.15) is 0 Å². The van der Waals surface area contributed by atoms with Crippen LogP contribution in [-0.4, -0.2) is 11.6 Å². The van der Waals surface area contributed by atoms with Crippen molar-refractivity contribution in [3.8, 4) is 0 Å². The molecule has 2 heteroatoms. The average molecular weight is 210 g/mol. The number of Topliss-reactive ketones (excluding diaryl/α,β-unsaturated/α-hetero) is 2. The normalized spacial score (nSPS) is 17.9. The molecule has 0 aromatic heterocycles. The van der Waals surface area contributed by atoms with E-state index in [-0.39, 0.29) is 23.4 Å². The van der Waals surface area contributed by atoms with Gasteiger partial charge in [-0.1, -0.05) is 20.8 Å². The third kappa shape index (κ3) is 3.77. The molecule has 1 fully saturated rings. The lowest BCUT2D eigenvalue weighted by Gasteiger charge is -2.16. The fourth-order valence-corrected chi connectivity index (χ4v) is 1.95. The molecule has 0 bridgehead atoms. The summed E-state index contributed by atoms with van der Waals surface area (Å²) in [5.74, 6) is 0.746. The van der Waals surface area contributed by atoms with Gasteiger partial charge in [0.25, 0.3) is 0 Å². The third-order valence-corrected chi connectivity index (χ3v) is 2.92. The molecule has 0 radical (unpaired) electrons. The maximum atomic E-state index is 11.9. The molecule has 0 aromatic carbocycles. The fourth-order valence-electron chi connectivity index (χ4n) is 1.95. The number of hydrogen-bond acceptors (Lipinski definition) is 2. The molecule has 0 aromatic rings. The van der Waals surface area contributed by atoms with Crippen LogP contribution in [0.1, 0.15) is 52.9 Å². The van der Waals surface area contributed by atoms with E-state index in [1.807, 2.05) is 6.92 Å². The van der Waals surface area contributed by atoms with Crippen LogP contribution in [0, 0.1) is 17.8 Å². The van der Waals surface area contributed by atoms with Crippen molar-refractivity contribution < 1.29 is 9.59 Å². The standard InChI is InChI=1S/C13H22O2/c1-4-5-12(14)11(8-9(2)3)13(15)10-6-7-10/h9-11H,4-8H2,1-3H3. The highest BCUT2D eigenvalue weighted by atomic mass is 16.2. The van der Waals surface area contributed by atoms with Crippen molar-refractivity contribution in [2.45, 2.75) is 52.9 Å². The van der Waals surface area contributed by atoms with E-state index in [2.05, 4.69) is 13.8 Å². The van der Waals surface area contributed by atoms with Crippen LogP contribution in [-0.2, 0) is 9.59 Å². The Labute approximate surface area is 92.4 Å². The number of carbonyl (C=O) groups is 2. The maximum Gasteiger partial charge on any atom is 0.146 e. The maximum absolute atomic E-state index is 11.9. The summed E-state index contributed by atoms with van der Waals surface area (Å²) in [5.41, 5.74) is 0. The van der Waals surface area contributed by atoms with Crippen LogP contribution in [0.3, 0.4) is 0 Å². The molecule has 1 unspecified atom stereocenters. The summed E-state index contributed by atoms with van der Waals surface area (Å²) in [7, 11) is 0. The van der Waals surface area contributed by atoms with Gasteiger partial charge in [0.2, 0.25) is 0 Å². The molecular formula is C13H22O2. The lowest BCUT2D eigenvalue weighted by atomic mass is 9.86. The first-order chi connectivity index (χ1) is 7.06. The second-order valence-corrected chi connectivity index (χ2v) is 5.08. The smallest absolute Gasteiger partial charge is 0.146 e. The molecule has 2 nitrogen and oxygen atoms in total. The number of carbonyl (C=O) groups excluding carboxylic acids is 2. The van der Waals surface area contributed by atoms with Crippen molar-refractivity contribution in [2.24, 2.45) is 17.8 Å². The minimum Gasteiger partial charge on any atom is -0.299 e. The Hall–Kier alpha value is -0.660. The summed E-state index contributed by atoms with van der Waals surface area (Å²) in [6, 6.07) is 0. The fraction of sp³-hybridized carbons (Fsp3) is 0.846. The Kier molecular flexibility index (Phi) is 4.49. The van der Waals surface area contributed by atoms with Gasteiger partial charge in [-0.15, -0.1) is 0 Å². The van der Waals surface area contributed by atoms with Gasteiger partial charge in [-0.05, 0) is 31.6 Å². The molecule has 0 N–H and O–H groups in total. The van der Waals surface area contributed by atoms with E-state index < -0.39 is 0 Å². The van der Waals surface area contributed by atoms with Crippen LogP contribution in [0.15, 0.2) is 0 Å². The SMILES string of the molecule is CCCC(=O)C(CC(C)C)C(=O)C1CC1. The molecule has 15 heavy (non-hydrogen) atoms. The summed E-state index contributed by atoms with van der Waals surface area (Å²) in [6.45, 7) is 6.14. The van der Waals surface area contributed by atoms with E-state index in [0.717, 1.165) is 25.7 Å². The van der Waals surface area contributed by atoms with Gasteiger partial charge in [0.1, 0.15) is 11.6 Å². The molecule has 1 rings (SSSR count). The Morgan fingerprint density at radius 2 is 1.87 bits per heavy atom. The number of ketones is 2. The lowest BCUT2D eigenvalue weighted by molar-refractivity contribution is -0.134. The van der Waals surface area contributed by atoms with Gasteiger partial charge >= 0.3 is 0 Å². The molecule has 1 saturated carbocycles. The van der Waals surface area contributed by atoms with E-state index in [1.165, 1.54) is 0 Å². The van der Waals surface area contributed by atoms with E-state index >= 15 is 0 Å². The predicted molar refractivity (Wildman–Crippen MR) is 60.6 cm³/mol. The van der Waals surface area contributed by atoms with E-state index in [0.29, 0.717) is 12.3 Å². The largest absolute Gasteiger partial charge is 0.299 e. The summed E-state index contributed by atoms with van der Waals surface area (Å²) in [4.78, 5) is 23.8. The molecule has 86 valence electrons. The molecule has 1 atom stereocenters. The molecule has 0 saturated heterocycles. The Bertz CT molecular complexity index is 239. The lowest BCUT2D eigenvalue weighted by Crippen LogP contribution is -2.26. The van der Waals surface area contributed by atoms with Crippen molar-refractivity contribution in [1.82, 2.24) is 0 Å². The summed E-state index contributed by atoms with van der Waals surface area (Å²) in [6.07, 6.45) is 4.18.